The summed E-state index contributed by atoms with van der Waals surface area (Å²) in [5.41, 5.74) is 2.41. The summed E-state index contributed by atoms with van der Waals surface area (Å²) in [4.78, 5) is 27.1. The number of thiophene rings is 1. The monoisotopic (exact) mass is 384 g/mol. The molecule has 0 N–H and O–H groups in total. The minimum atomic E-state index is -0.320. The van der Waals surface area contributed by atoms with Crippen LogP contribution >= 0.6 is 11.3 Å². The first kappa shape index (κ1) is 17.6. The van der Waals surface area contributed by atoms with Gasteiger partial charge >= 0.3 is 0 Å². The maximum absolute atomic E-state index is 13.2. The van der Waals surface area contributed by atoms with Crippen LogP contribution in [0.4, 0.5) is 4.39 Å². The zero-order chi connectivity index (χ0) is 18.8. The topological polar surface area (TPSA) is 63.4 Å². The fourth-order valence-electron chi connectivity index (χ4n) is 3.19. The highest BCUT2D eigenvalue weighted by atomic mass is 32.1. The van der Waals surface area contributed by atoms with Gasteiger partial charge in [-0.25, -0.2) is 4.39 Å². The first-order valence-corrected chi connectivity index (χ1v) is 9.57. The molecule has 1 aliphatic heterocycles. The van der Waals surface area contributed by atoms with Gasteiger partial charge in [0.1, 0.15) is 5.82 Å². The summed E-state index contributed by atoms with van der Waals surface area (Å²) in [6, 6.07) is 9.61. The van der Waals surface area contributed by atoms with Crippen LogP contribution < -0.4 is 0 Å². The highest BCUT2D eigenvalue weighted by molar-refractivity contribution is 7.12. The molecule has 0 unspecified atom stereocenters. The van der Waals surface area contributed by atoms with E-state index in [0.29, 0.717) is 30.1 Å². The lowest BCUT2D eigenvalue weighted by Gasteiger charge is -2.26. The maximum atomic E-state index is 13.2. The molecule has 2 aromatic heterocycles. The van der Waals surface area contributed by atoms with E-state index in [1.807, 2.05) is 11.4 Å². The number of carbonyl (C=O) groups is 2. The molecular formula is C20H17FN2O3S. The molecule has 0 atom stereocenters. The van der Waals surface area contributed by atoms with Crippen molar-refractivity contribution in [2.75, 3.05) is 6.54 Å². The Kier molecular flexibility index (Phi) is 4.85. The van der Waals surface area contributed by atoms with Crippen molar-refractivity contribution in [2.45, 2.75) is 25.8 Å². The molecule has 1 amide bonds. The quantitative estimate of drug-likeness (QED) is 0.622. The van der Waals surface area contributed by atoms with Crippen molar-refractivity contribution in [2.24, 2.45) is 0 Å². The lowest BCUT2D eigenvalue weighted by atomic mass is 10.0. The zero-order valence-corrected chi connectivity index (χ0v) is 15.3. The summed E-state index contributed by atoms with van der Waals surface area (Å²) in [7, 11) is 0. The minimum absolute atomic E-state index is 0.00646. The molecular weight excluding hydrogens is 367 g/mol. The van der Waals surface area contributed by atoms with E-state index in [1.54, 1.807) is 23.1 Å². The Balaban J connectivity index is 1.44. The predicted octanol–water partition coefficient (Wildman–Crippen LogP) is 4.09. The standard InChI is InChI=1S/C20H17FN2O3S/c21-14-5-3-13(4-6-14)20-15-12-23(10-9-16(15)22-26-20)19(25)8-7-17(24)18-2-1-11-27-18/h1-6,11H,7-10,12H2. The second-order valence-electron chi connectivity index (χ2n) is 6.41. The molecule has 0 saturated heterocycles. The second-order valence-corrected chi connectivity index (χ2v) is 7.36. The predicted molar refractivity (Wildman–Crippen MR) is 98.9 cm³/mol. The van der Waals surface area contributed by atoms with E-state index < -0.39 is 0 Å². The fraction of sp³-hybridized carbons (Fsp3) is 0.250. The molecule has 27 heavy (non-hydrogen) atoms. The molecule has 7 heteroatoms. The number of nitrogens with zero attached hydrogens (tertiary/aromatic N) is 2. The third-order valence-corrected chi connectivity index (χ3v) is 5.57. The summed E-state index contributed by atoms with van der Waals surface area (Å²) in [6.07, 6.45) is 0.991. The molecule has 5 nitrogen and oxygen atoms in total. The number of aromatic nitrogens is 1. The number of carbonyl (C=O) groups excluding carboxylic acids is 2. The van der Waals surface area contributed by atoms with Crippen LogP contribution in [0.2, 0.25) is 0 Å². The summed E-state index contributed by atoms with van der Waals surface area (Å²) in [6.45, 7) is 0.936. The Morgan fingerprint density at radius 1 is 1.19 bits per heavy atom. The Morgan fingerprint density at radius 3 is 2.74 bits per heavy atom. The largest absolute Gasteiger partial charge is 0.356 e. The highest BCUT2D eigenvalue weighted by Gasteiger charge is 2.27. The first-order chi connectivity index (χ1) is 13.1. The first-order valence-electron chi connectivity index (χ1n) is 8.69. The van der Waals surface area contributed by atoms with E-state index in [0.717, 1.165) is 16.8 Å². The number of Topliss-reactive ketones (excluding diaryl/α,β-unsaturated/α-hetero) is 1. The van der Waals surface area contributed by atoms with Gasteiger partial charge in [-0.3, -0.25) is 9.59 Å². The van der Waals surface area contributed by atoms with Crippen molar-refractivity contribution >= 4 is 23.0 Å². The number of benzene rings is 1. The third-order valence-electron chi connectivity index (χ3n) is 4.66. The van der Waals surface area contributed by atoms with Gasteiger partial charge in [-0.15, -0.1) is 11.3 Å². The van der Waals surface area contributed by atoms with Crippen molar-refractivity contribution in [3.8, 4) is 11.3 Å². The van der Waals surface area contributed by atoms with Crippen molar-refractivity contribution in [1.29, 1.82) is 0 Å². The van der Waals surface area contributed by atoms with E-state index in [9.17, 15) is 14.0 Å². The summed E-state index contributed by atoms with van der Waals surface area (Å²) in [5.74, 6) is 0.182. The van der Waals surface area contributed by atoms with E-state index >= 15 is 0 Å². The Hall–Kier alpha value is -2.80. The lowest BCUT2D eigenvalue weighted by Crippen LogP contribution is -2.36. The zero-order valence-electron chi connectivity index (χ0n) is 14.5. The summed E-state index contributed by atoms with van der Waals surface area (Å²) in [5, 5.41) is 5.95. The SMILES string of the molecule is O=C(CCC(=O)N1CCc2noc(-c3ccc(F)cc3)c2C1)c1cccs1. The number of ketones is 1. The van der Waals surface area contributed by atoms with Crippen LogP contribution in [0.3, 0.4) is 0 Å². The van der Waals surface area contributed by atoms with Gasteiger partial charge in [0.2, 0.25) is 5.91 Å². The minimum Gasteiger partial charge on any atom is -0.356 e. The molecule has 1 aromatic carbocycles. The van der Waals surface area contributed by atoms with E-state index in [2.05, 4.69) is 5.16 Å². The van der Waals surface area contributed by atoms with Crippen LogP contribution in [0.5, 0.6) is 0 Å². The molecule has 0 saturated carbocycles. The molecule has 1 aliphatic rings. The van der Waals surface area contributed by atoms with Crippen LogP contribution in [0, 0.1) is 5.82 Å². The Bertz CT molecular complexity index is 964. The summed E-state index contributed by atoms with van der Waals surface area (Å²) >= 11 is 1.39. The number of halogens is 1. The highest BCUT2D eigenvalue weighted by Crippen LogP contribution is 2.31. The molecule has 4 rings (SSSR count). The lowest BCUT2D eigenvalue weighted by molar-refractivity contribution is -0.132. The molecule has 0 bridgehead atoms. The van der Waals surface area contributed by atoms with Gasteiger partial charge in [0.15, 0.2) is 11.5 Å². The van der Waals surface area contributed by atoms with Gasteiger partial charge in [-0.05, 0) is 35.7 Å². The van der Waals surface area contributed by atoms with Gasteiger partial charge < -0.3 is 9.42 Å². The molecule has 138 valence electrons. The second kappa shape index (κ2) is 7.44. The third kappa shape index (κ3) is 3.68. The smallest absolute Gasteiger partial charge is 0.223 e. The van der Waals surface area contributed by atoms with Gasteiger partial charge in [-0.1, -0.05) is 11.2 Å². The normalized spacial score (nSPS) is 13.4. The maximum Gasteiger partial charge on any atom is 0.223 e. The van der Waals surface area contributed by atoms with Crippen molar-refractivity contribution in [3.05, 3.63) is 63.7 Å². The van der Waals surface area contributed by atoms with E-state index in [1.165, 1.54) is 23.5 Å². The number of rotatable bonds is 5. The Labute approximate surface area is 159 Å². The fourth-order valence-corrected chi connectivity index (χ4v) is 3.89. The van der Waals surface area contributed by atoms with Crippen LogP contribution in [-0.2, 0) is 17.8 Å². The van der Waals surface area contributed by atoms with E-state index in [-0.39, 0.29) is 30.3 Å². The van der Waals surface area contributed by atoms with Crippen molar-refractivity contribution in [1.82, 2.24) is 10.1 Å². The van der Waals surface area contributed by atoms with Crippen molar-refractivity contribution in [3.63, 3.8) is 0 Å². The average Bonchev–Trinajstić information content (AvgIpc) is 3.36. The van der Waals surface area contributed by atoms with Crippen LogP contribution in [0.1, 0.15) is 33.8 Å². The number of hydrogen-bond acceptors (Lipinski definition) is 5. The molecule has 0 spiro atoms. The van der Waals surface area contributed by atoms with Crippen molar-refractivity contribution < 1.29 is 18.5 Å². The molecule has 0 radical (unpaired) electrons. The number of fused-ring (bicyclic) bond motifs is 1. The molecule has 3 heterocycles. The molecule has 0 aliphatic carbocycles. The molecule has 3 aromatic rings. The van der Waals surface area contributed by atoms with Gasteiger partial charge in [0.05, 0.1) is 17.1 Å². The van der Waals surface area contributed by atoms with Crippen LogP contribution in [0.25, 0.3) is 11.3 Å². The number of amides is 1. The average molecular weight is 384 g/mol. The van der Waals surface area contributed by atoms with E-state index in [4.69, 9.17) is 4.52 Å². The molecule has 0 fully saturated rings. The number of hydrogen-bond donors (Lipinski definition) is 0. The van der Waals surface area contributed by atoms with Crippen LogP contribution in [0.15, 0.2) is 46.3 Å². The summed E-state index contributed by atoms with van der Waals surface area (Å²) < 4.78 is 18.6. The van der Waals surface area contributed by atoms with Crippen LogP contribution in [-0.4, -0.2) is 28.3 Å². The van der Waals surface area contributed by atoms with Gasteiger partial charge in [0.25, 0.3) is 0 Å². The van der Waals surface area contributed by atoms with Gasteiger partial charge in [-0.2, -0.15) is 0 Å². The van der Waals surface area contributed by atoms with Gasteiger partial charge in [0, 0.05) is 36.9 Å². The Morgan fingerprint density at radius 2 is 2.00 bits per heavy atom.